The standard InChI is InChI=1S/C57H33N5S2/c1-3-15-34(16-4-1)55-58-56(35-17-5-2-6-18-35)60-57(59-55)41-33-36(61-42-23-11-7-19-37(42)51-45(61)29-31-49-53(51)39-21-9-13-25-47(39)63-49)27-28-44(41)62-43-24-12-8-20-38(43)52-46(62)30-32-50-54(52)40-22-10-14-26-48(40)64-50/h1-33H. The second-order valence-electron chi connectivity index (χ2n) is 16.3. The summed E-state index contributed by atoms with van der Waals surface area (Å²) in [6.07, 6.45) is 0. The molecule has 0 radical (unpaired) electrons. The monoisotopic (exact) mass is 851 g/mol. The molecule has 0 bridgehead atoms. The van der Waals surface area contributed by atoms with Gasteiger partial charge in [0.25, 0.3) is 0 Å². The zero-order valence-electron chi connectivity index (χ0n) is 34.1. The van der Waals surface area contributed by atoms with Crippen LogP contribution in [0.15, 0.2) is 200 Å². The van der Waals surface area contributed by atoms with E-state index in [1.165, 1.54) is 61.9 Å². The van der Waals surface area contributed by atoms with Gasteiger partial charge < -0.3 is 9.13 Å². The van der Waals surface area contributed by atoms with Gasteiger partial charge in [-0.15, -0.1) is 22.7 Å². The van der Waals surface area contributed by atoms with Crippen LogP contribution in [0.3, 0.4) is 0 Å². The zero-order chi connectivity index (χ0) is 41.9. The van der Waals surface area contributed by atoms with Crippen LogP contribution in [0.5, 0.6) is 0 Å². The van der Waals surface area contributed by atoms with E-state index in [1.54, 1.807) is 0 Å². The first kappa shape index (κ1) is 35.6. The summed E-state index contributed by atoms with van der Waals surface area (Å²) < 4.78 is 10.0. The van der Waals surface area contributed by atoms with Crippen molar-refractivity contribution in [2.24, 2.45) is 0 Å². The van der Waals surface area contributed by atoms with Crippen LogP contribution in [0.1, 0.15) is 0 Å². The third-order valence-electron chi connectivity index (χ3n) is 12.8. The molecule has 14 rings (SSSR count). The SMILES string of the molecule is c1ccc(-c2nc(-c3ccccc3)nc(-c3cc(-n4c5ccccc5c5c6c(ccc54)sc4ccccc46)ccc3-n3c4ccccc4c4c5c(ccc43)sc3ccccc35)n2)cc1. The number of hydrogen-bond donors (Lipinski definition) is 0. The number of hydrogen-bond acceptors (Lipinski definition) is 5. The number of benzene rings is 9. The molecule has 0 atom stereocenters. The number of aromatic nitrogens is 5. The smallest absolute Gasteiger partial charge is 0.166 e. The van der Waals surface area contributed by atoms with Crippen LogP contribution in [0.25, 0.3) is 129 Å². The first-order chi connectivity index (χ1) is 31.7. The van der Waals surface area contributed by atoms with E-state index in [2.05, 4.69) is 173 Å². The van der Waals surface area contributed by atoms with Crippen molar-refractivity contribution in [1.82, 2.24) is 24.1 Å². The summed E-state index contributed by atoms with van der Waals surface area (Å²) in [6, 6.07) is 71.7. The Balaban J connectivity index is 1.11. The molecule has 0 amide bonds. The number of rotatable bonds is 5. The lowest BCUT2D eigenvalue weighted by atomic mass is 10.1. The Morgan fingerprint density at radius 1 is 0.312 bits per heavy atom. The molecule has 0 saturated heterocycles. The van der Waals surface area contributed by atoms with Gasteiger partial charge >= 0.3 is 0 Å². The number of nitrogens with zero attached hydrogens (tertiary/aromatic N) is 5. The molecule has 9 aromatic carbocycles. The van der Waals surface area contributed by atoms with Gasteiger partial charge in [0.2, 0.25) is 0 Å². The van der Waals surface area contributed by atoms with Crippen LogP contribution in [0.2, 0.25) is 0 Å². The first-order valence-corrected chi connectivity index (χ1v) is 23.1. The fourth-order valence-corrected chi connectivity index (χ4v) is 12.3. The van der Waals surface area contributed by atoms with Gasteiger partial charge in [-0.1, -0.05) is 133 Å². The fraction of sp³-hybridized carbons (Fsp3) is 0. The largest absolute Gasteiger partial charge is 0.309 e. The molecule has 0 unspecified atom stereocenters. The summed E-state index contributed by atoms with van der Waals surface area (Å²) in [5.74, 6) is 1.85. The van der Waals surface area contributed by atoms with Crippen LogP contribution < -0.4 is 0 Å². The molecule has 298 valence electrons. The number of fused-ring (bicyclic) bond motifs is 14. The summed E-state index contributed by atoms with van der Waals surface area (Å²) in [7, 11) is 0. The van der Waals surface area contributed by atoms with Crippen LogP contribution in [0.4, 0.5) is 0 Å². The van der Waals surface area contributed by atoms with E-state index in [-0.39, 0.29) is 0 Å². The maximum absolute atomic E-state index is 5.39. The zero-order valence-corrected chi connectivity index (χ0v) is 35.7. The van der Waals surface area contributed by atoms with Gasteiger partial charge in [-0.2, -0.15) is 0 Å². The minimum absolute atomic E-state index is 0.601. The summed E-state index contributed by atoms with van der Waals surface area (Å²) in [6.45, 7) is 0. The molecular formula is C57H33N5S2. The Kier molecular flexibility index (Phi) is 7.66. The quantitative estimate of drug-likeness (QED) is 0.173. The van der Waals surface area contributed by atoms with Crippen molar-refractivity contribution >= 4 is 107 Å². The summed E-state index contributed by atoms with van der Waals surface area (Å²) >= 11 is 3.71. The average Bonchev–Trinajstić information content (AvgIpc) is 4.12. The van der Waals surface area contributed by atoms with Crippen molar-refractivity contribution in [3.8, 4) is 45.5 Å². The van der Waals surface area contributed by atoms with Crippen molar-refractivity contribution in [3.63, 3.8) is 0 Å². The fourth-order valence-electron chi connectivity index (χ4n) is 10.1. The van der Waals surface area contributed by atoms with Crippen molar-refractivity contribution in [3.05, 3.63) is 200 Å². The Hall–Kier alpha value is -7.97. The molecule has 0 spiro atoms. The van der Waals surface area contributed by atoms with Crippen LogP contribution >= 0.6 is 22.7 Å². The highest BCUT2D eigenvalue weighted by Crippen LogP contribution is 2.46. The first-order valence-electron chi connectivity index (χ1n) is 21.4. The maximum atomic E-state index is 5.39. The minimum atomic E-state index is 0.601. The van der Waals surface area contributed by atoms with E-state index < -0.39 is 0 Å². The van der Waals surface area contributed by atoms with Gasteiger partial charge in [0.15, 0.2) is 17.5 Å². The molecule has 0 saturated carbocycles. The topological polar surface area (TPSA) is 48.5 Å². The van der Waals surface area contributed by atoms with Gasteiger partial charge in [-0.3, -0.25) is 0 Å². The normalized spacial score (nSPS) is 12.1. The van der Waals surface area contributed by atoms with Crippen LogP contribution in [0, 0.1) is 0 Å². The van der Waals surface area contributed by atoms with Crippen molar-refractivity contribution < 1.29 is 0 Å². The molecule has 0 aliphatic carbocycles. The summed E-state index contributed by atoms with van der Waals surface area (Å²) in [5, 5.41) is 10.1. The lowest BCUT2D eigenvalue weighted by molar-refractivity contribution is 1.06. The predicted molar refractivity (Wildman–Crippen MR) is 271 cm³/mol. The Morgan fingerprint density at radius 2 is 0.766 bits per heavy atom. The Morgan fingerprint density at radius 3 is 1.33 bits per heavy atom. The highest BCUT2D eigenvalue weighted by molar-refractivity contribution is 7.26. The van der Waals surface area contributed by atoms with Crippen molar-refractivity contribution in [2.45, 2.75) is 0 Å². The average molecular weight is 852 g/mol. The van der Waals surface area contributed by atoms with E-state index in [1.807, 2.05) is 59.1 Å². The lowest BCUT2D eigenvalue weighted by Gasteiger charge is -2.17. The third-order valence-corrected chi connectivity index (χ3v) is 15.0. The molecule has 0 fully saturated rings. The second kappa shape index (κ2) is 13.8. The van der Waals surface area contributed by atoms with Gasteiger partial charge in [-0.05, 0) is 66.7 Å². The summed E-state index contributed by atoms with van der Waals surface area (Å²) in [4.78, 5) is 15.9. The van der Waals surface area contributed by atoms with E-state index in [0.717, 1.165) is 50.1 Å². The molecule has 64 heavy (non-hydrogen) atoms. The van der Waals surface area contributed by atoms with Gasteiger partial charge in [0, 0.05) is 84.3 Å². The molecule has 5 nitrogen and oxygen atoms in total. The summed E-state index contributed by atoms with van der Waals surface area (Å²) in [5.41, 5.74) is 9.34. The third kappa shape index (κ3) is 5.19. The Bertz CT molecular complexity index is 4140. The Labute approximate surface area is 374 Å². The molecule has 0 aliphatic rings. The van der Waals surface area contributed by atoms with Crippen molar-refractivity contribution in [2.75, 3.05) is 0 Å². The van der Waals surface area contributed by atoms with E-state index >= 15 is 0 Å². The van der Waals surface area contributed by atoms with Crippen LogP contribution in [-0.2, 0) is 0 Å². The molecule has 5 heterocycles. The molecule has 0 aliphatic heterocycles. The number of para-hydroxylation sites is 2. The molecule has 14 aromatic rings. The van der Waals surface area contributed by atoms with E-state index in [0.29, 0.717) is 17.5 Å². The minimum Gasteiger partial charge on any atom is -0.309 e. The van der Waals surface area contributed by atoms with Crippen molar-refractivity contribution in [1.29, 1.82) is 0 Å². The predicted octanol–water partition coefficient (Wildman–Crippen LogP) is 15.8. The lowest BCUT2D eigenvalue weighted by Crippen LogP contribution is -2.05. The molecule has 0 N–H and O–H groups in total. The highest BCUT2D eigenvalue weighted by atomic mass is 32.1. The van der Waals surface area contributed by atoms with Gasteiger partial charge in [0.05, 0.1) is 27.8 Å². The van der Waals surface area contributed by atoms with Gasteiger partial charge in [0.1, 0.15) is 0 Å². The van der Waals surface area contributed by atoms with Gasteiger partial charge in [-0.25, -0.2) is 15.0 Å². The molecular weight excluding hydrogens is 819 g/mol. The highest BCUT2D eigenvalue weighted by Gasteiger charge is 2.24. The maximum Gasteiger partial charge on any atom is 0.166 e. The molecule has 5 aromatic heterocycles. The van der Waals surface area contributed by atoms with E-state index in [4.69, 9.17) is 15.0 Å². The second-order valence-corrected chi connectivity index (χ2v) is 18.5. The van der Waals surface area contributed by atoms with Crippen LogP contribution in [-0.4, -0.2) is 24.1 Å². The number of thiophene rings is 2. The molecule has 7 heteroatoms. The van der Waals surface area contributed by atoms with E-state index in [9.17, 15) is 0 Å².